The van der Waals surface area contributed by atoms with Crippen molar-refractivity contribution in [3.05, 3.63) is 34.4 Å². The van der Waals surface area contributed by atoms with Crippen LogP contribution in [0.5, 0.6) is 5.75 Å². The summed E-state index contributed by atoms with van der Waals surface area (Å²) < 4.78 is 5.29. The Hall–Kier alpha value is -0.990. The van der Waals surface area contributed by atoms with Gasteiger partial charge in [0.05, 0.1) is 7.11 Å². The molecule has 1 rings (SSSR count). The molecule has 0 saturated carbocycles. The average molecular weight is 226 g/mol. The molecule has 0 atom stereocenters. The van der Waals surface area contributed by atoms with Crippen LogP contribution in [0.1, 0.15) is 18.1 Å². The van der Waals surface area contributed by atoms with Crippen molar-refractivity contribution >= 4 is 17.7 Å². The van der Waals surface area contributed by atoms with E-state index in [0.29, 0.717) is 11.6 Å². The normalized spacial score (nSPS) is 10.9. The maximum absolute atomic E-state index is 5.99. The van der Waals surface area contributed by atoms with Gasteiger partial charge >= 0.3 is 0 Å². The molecule has 82 valence electrons. The third-order valence-electron chi connectivity index (χ3n) is 2.22. The number of hydrogen-bond donors (Lipinski definition) is 1. The molecule has 0 radical (unpaired) electrons. The monoisotopic (exact) mass is 225 g/mol. The van der Waals surface area contributed by atoms with Crippen molar-refractivity contribution in [1.82, 2.24) is 0 Å². The molecule has 0 aromatic heterocycles. The van der Waals surface area contributed by atoms with Gasteiger partial charge < -0.3 is 10.5 Å². The number of nitrogens with two attached hydrogens (primary N) is 1. The lowest BCUT2D eigenvalue weighted by molar-refractivity contribution is 0.410. The van der Waals surface area contributed by atoms with E-state index in [-0.39, 0.29) is 0 Å². The summed E-state index contributed by atoms with van der Waals surface area (Å²) in [5.74, 6) is 0.835. The third kappa shape index (κ3) is 2.98. The molecule has 15 heavy (non-hydrogen) atoms. The van der Waals surface area contributed by atoms with Gasteiger partial charge in [-0.1, -0.05) is 30.7 Å². The first kappa shape index (κ1) is 12.1. The fourth-order valence-corrected chi connectivity index (χ4v) is 1.75. The number of methoxy groups -OCH3 is 1. The van der Waals surface area contributed by atoms with E-state index in [1.54, 1.807) is 7.11 Å². The number of ether oxygens (including phenoxy) is 1. The molecule has 0 aliphatic carbocycles. The van der Waals surface area contributed by atoms with E-state index in [9.17, 15) is 0 Å². The SMILES string of the molecule is CCc1c(/C=C/CN)cc(Cl)cc1OC. The summed E-state index contributed by atoms with van der Waals surface area (Å²) >= 11 is 5.99. The topological polar surface area (TPSA) is 35.2 Å². The van der Waals surface area contributed by atoms with E-state index in [0.717, 1.165) is 23.3 Å². The van der Waals surface area contributed by atoms with Crippen LogP contribution in [-0.2, 0) is 6.42 Å². The summed E-state index contributed by atoms with van der Waals surface area (Å²) in [6.45, 7) is 2.61. The van der Waals surface area contributed by atoms with Crippen LogP contribution >= 0.6 is 11.6 Å². The highest BCUT2D eigenvalue weighted by Gasteiger charge is 2.07. The quantitative estimate of drug-likeness (QED) is 0.855. The zero-order chi connectivity index (χ0) is 11.3. The third-order valence-corrected chi connectivity index (χ3v) is 2.43. The zero-order valence-corrected chi connectivity index (χ0v) is 9.84. The van der Waals surface area contributed by atoms with Gasteiger partial charge in [-0.25, -0.2) is 0 Å². The van der Waals surface area contributed by atoms with Crippen LogP contribution in [-0.4, -0.2) is 13.7 Å². The summed E-state index contributed by atoms with van der Waals surface area (Å²) in [5.41, 5.74) is 7.66. The molecule has 0 saturated heterocycles. The Morgan fingerprint density at radius 3 is 2.73 bits per heavy atom. The van der Waals surface area contributed by atoms with Gasteiger partial charge in [-0.3, -0.25) is 0 Å². The summed E-state index contributed by atoms with van der Waals surface area (Å²) in [7, 11) is 1.65. The number of hydrogen-bond acceptors (Lipinski definition) is 2. The van der Waals surface area contributed by atoms with Crippen molar-refractivity contribution in [1.29, 1.82) is 0 Å². The highest BCUT2D eigenvalue weighted by molar-refractivity contribution is 6.30. The highest BCUT2D eigenvalue weighted by atomic mass is 35.5. The Labute approximate surface area is 95.7 Å². The Morgan fingerprint density at radius 2 is 2.20 bits per heavy atom. The van der Waals surface area contributed by atoms with Crippen LogP contribution in [0.4, 0.5) is 0 Å². The van der Waals surface area contributed by atoms with Gasteiger partial charge in [-0.05, 0) is 24.1 Å². The molecule has 0 aliphatic heterocycles. The van der Waals surface area contributed by atoms with Crippen LogP contribution in [0.25, 0.3) is 6.08 Å². The average Bonchev–Trinajstić information content (AvgIpc) is 2.25. The van der Waals surface area contributed by atoms with Gasteiger partial charge in [0.25, 0.3) is 0 Å². The largest absolute Gasteiger partial charge is 0.496 e. The molecular weight excluding hydrogens is 210 g/mol. The molecule has 0 spiro atoms. The second-order valence-electron chi connectivity index (χ2n) is 3.17. The Morgan fingerprint density at radius 1 is 1.47 bits per heavy atom. The minimum atomic E-state index is 0.526. The van der Waals surface area contributed by atoms with Gasteiger partial charge in [0.1, 0.15) is 5.75 Å². The minimum absolute atomic E-state index is 0.526. The van der Waals surface area contributed by atoms with Gasteiger partial charge in [-0.2, -0.15) is 0 Å². The second kappa shape index (κ2) is 5.79. The van der Waals surface area contributed by atoms with Crippen molar-refractivity contribution in [2.45, 2.75) is 13.3 Å². The standard InChI is InChI=1S/C12H16ClNO/c1-3-11-9(5-4-6-14)7-10(13)8-12(11)15-2/h4-5,7-8H,3,6,14H2,1-2H3/b5-4+. The van der Waals surface area contributed by atoms with Crippen molar-refractivity contribution in [2.75, 3.05) is 13.7 Å². The summed E-state index contributed by atoms with van der Waals surface area (Å²) in [4.78, 5) is 0. The van der Waals surface area contributed by atoms with E-state index in [4.69, 9.17) is 22.1 Å². The predicted molar refractivity (Wildman–Crippen MR) is 65.5 cm³/mol. The van der Waals surface area contributed by atoms with Crippen LogP contribution in [0.2, 0.25) is 5.02 Å². The number of halogens is 1. The van der Waals surface area contributed by atoms with Gasteiger partial charge in [0.15, 0.2) is 0 Å². The minimum Gasteiger partial charge on any atom is -0.496 e. The van der Waals surface area contributed by atoms with Crippen molar-refractivity contribution in [3.63, 3.8) is 0 Å². The summed E-state index contributed by atoms with van der Waals surface area (Å²) in [5, 5.41) is 0.681. The molecule has 1 aromatic rings. The smallest absolute Gasteiger partial charge is 0.124 e. The fraction of sp³-hybridized carbons (Fsp3) is 0.333. The van der Waals surface area contributed by atoms with E-state index >= 15 is 0 Å². The fourth-order valence-electron chi connectivity index (χ4n) is 1.54. The van der Waals surface area contributed by atoms with Gasteiger partial charge in [-0.15, -0.1) is 0 Å². The van der Waals surface area contributed by atoms with E-state index in [1.807, 2.05) is 24.3 Å². The first-order valence-corrected chi connectivity index (χ1v) is 5.33. The van der Waals surface area contributed by atoms with Gasteiger partial charge in [0.2, 0.25) is 0 Å². The lowest BCUT2D eigenvalue weighted by Gasteiger charge is -2.10. The van der Waals surface area contributed by atoms with Crippen LogP contribution in [0.3, 0.4) is 0 Å². The molecule has 3 heteroatoms. The molecular formula is C12H16ClNO. The Kier molecular flexibility index (Phi) is 4.66. The van der Waals surface area contributed by atoms with Crippen molar-refractivity contribution in [3.8, 4) is 5.75 Å². The molecule has 0 amide bonds. The maximum atomic E-state index is 5.99. The molecule has 0 fully saturated rings. The van der Waals surface area contributed by atoms with Crippen LogP contribution < -0.4 is 10.5 Å². The van der Waals surface area contributed by atoms with E-state index in [1.165, 1.54) is 0 Å². The number of rotatable bonds is 4. The van der Waals surface area contributed by atoms with E-state index < -0.39 is 0 Å². The van der Waals surface area contributed by atoms with E-state index in [2.05, 4.69) is 6.92 Å². The highest BCUT2D eigenvalue weighted by Crippen LogP contribution is 2.28. The van der Waals surface area contributed by atoms with Gasteiger partial charge in [0, 0.05) is 17.1 Å². The van der Waals surface area contributed by atoms with Crippen molar-refractivity contribution < 1.29 is 4.74 Å². The van der Waals surface area contributed by atoms with Crippen LogP contribution in [0, 0.1) is 0 Å². The predicted octanol–water partition coefficient (Wildman–Crippen LogP) is 2.88. The molecule has 1 aromatic carbocycles. The molecule has 0 aliphatic rings. The zero-order valence-electron chi connectivity index (χ0n) is 9.09. The number of benzene rings is 1. The Balaban J connectivity index is 3.22. The first-order valence-electron chi connectivity index (χ1n) is 4.96. The lowest BCUT2D eigenvalue weighted by atomic mass is 10.0. The lowest BCUT2D eigenvalue weighted by Crippen LogP contribution is -1.96. The molecule has 2 N–H and O–H groups in total. The summed E-state index contributed by atoms with van der Waals surface area (Å²) in [6, 6.07) is 3.76. The second-order valence-corrected chi connectivity index (χ2v) is 3.60. The van der Waals surface area contributed by atoms with Crippen molar-refractivity contribution in [2.24, 2.45) is 5.73 Å². The molecule has 0 unspecified atom stereocenters. The molecule has 0 heterocycles. The molecule has 0 bridgehead atoms. The van der Waals surface area contributed by atoms with Crippen LogP contribution in [0.15, 0.2) is 18.2 Å². The molecule has 2 nitrogen and oxygen atoms in total. The summed E-state index contributed by atoms with van der Waals surface area (Å²) in [6.07, 6.45) is 4.79. The Bertz CT molecular complexity index is 361. The first-order chi connectivity index (χ1) is 7.22. The maximum Gasteiger partial charge on any atom is 0.124 e.